The Morgan fingerprint density at radius 3 is 2.12 bits per heavy atom. The van der Waals surface area contributed by atoms with Gasteiger partial charge in [-0.25, -0.2) is 4.79 Å². The molecule has 0 spiro atoms. The monoisotopic (exact) mass is 246 g/mol. The molecule has 0 aromatic carbocycles. The van der Waals surface area contributed by atoms with Gasteiger partial charge in [-0.05, 0) is 24.7 Å². The van der Waals surface area contributed by atoms with Crippen LogP contribution in [0.15, 0.2) is 0 Å². The zero-order chi connectivity index (χ0) is 13.3. The quantitative estimate of drug-likeness (QED) is 0.755. The number of urea groups is 1. The molecule has 0 radical (unpaired) electrons. The molecule has 17 heavy (non-hydrogen) atoms. The number of primary amides is 1. The van der Waals surface area contributed by atoms with Crippen molar-refractivity contribution in [3.63, 3.8) is 0 Å². The third-order valence-electron chi connectivity index (χ3n) is 2.98. The molecule has 3 heteroatoms. The summed E-state index contributed by atoms with van der Waals surface area (Å²) in [6, 6.07) is -0.461. The maximum atomic E-state index is 9.71. The predicted octanol–water partition coefficient (Wildman–Crippen LogP) is 4.17. The van der Waals surface area contributed by atoms with E-state index < -0.39 is 6.03 Å². The first-order valence-electron chi connectivity index (χ1n) is 6.88. The number of amides is 2. The minimum atomic E-state index is -0.461. The van der Waals surface area contributed by atoms with Gasteiger partial charge in [0.1, 0.15) is 0 Å². The second-order valence-electron chi connectivity index (χ2n) is 6.16. The zero-order valence-electron chi connectivity index (χ0n) is 12.0. The SMILES string of the molecule is CC(C)(C)CC1CCCCC1.CCNC(N)=O.[HH].[HH]. The van der Waals surface area contributed by atoms with Crippen LogP contribution in [0.2, 0.25) is 0 Å². The Hall–Kier alpha value is -0.730. The van der Waals surface area contributed by atoms with Gasteiger partial charge in [0.2, 0.25) is 0 Å². The summed E-state index contributed by atoms with van der Waals surface area (Å²) in [6.07, 6.45) is 8.89. The standard InChI is InChI=1S/C11H22.C3H8N2O.2H2/c1-11(2,3)9-10-7-5-4-6-8-10;1-2-5-3(4)6;;/h10H,4-9H2,1-3H3;2H2,1H3,(H3,4,5,6);2*1H. The summed E-state index contributed by atoms with van der Waals surface area (Å²) in [5.41, 5.74) is 5.21. The number of hydrogen-bond acceptors (Lipinski definition) is 1. The van der Waals surface area contributed by atoms with Crippen LogP contribution in [0.1, 0.15) is 69.1 Å². The van der Waals surface area contributed by atoms with Gasteiger partial charge in [-0.2, -0.15) is 0 Å². The van der Waals surface area contributed by atoms with E-state index in [1.807, 2.05) is 6.92 Å². The van der Waals surface area contributed by atoms with Crippen LogP contribution in [0.5, 0.6) is 0 Å². The first-order valence-corrected chi connectivity index (χ1v) is 6.88. The number of nitrogens with one attached hydrogen (secondary N) is 1. The number of nitrogens with two attached hydrogens (primary N) is 1. The van der Waals surface area contributed by atoms with Gasteiger partial charge in [-0.1, -0.05) is 52.9 Å². The fourth-order valence-electron chi connectivity index (χ4n) is 2.43. The van der Waals surface area contributed by atoms with E-state index in [2.05, 4.69) is 31.8 Å². The van der Waals surface area contributed by atoms with Gasteiger partial charge in [0, 0.05) is 9.40 Å². The van der Waals surface area contributed by atoms with E-state index in [0.29, 0.717) is 12.0 Å². The van der Waals surface area contributed by atoms with Crippen LogP contribution in [0.4, 0.5) is 4.79 Å². The molecule has 1 saturated carbocycles. The van der Waals surface area contributed by atoms with Crippen molar-refractivity contribution in [2.45, 2.75) is 66.2 Å². The van der Waals surface area contributed by atoms with Gasteiger partial charge in [-0.3, -0.25) is 0 Å². The topological polar surface area (TPSA) is 55.1 Å². The highest BCUT2D eigenvalue weighted by Gasteiger charge is 2.20. The van der Waals surface area contributed by atoms with E-state index in [1.165, 1.54) is 38.5 Å². The Labute approximate surface area is 110 Å². The summed E-state index contributed by atoms with van der Waals surface area (Å²) in [7, 11) is 0. The van der Waals surface area contributed by atoms with E-state index in [-0.39, 0.29) is 2.85 Å². The van der Waals surface area contributed by atoms with Crippen molar-refractivity contribution in [1.29, 1.82) is 0 Å². The summed E-state index contributed by atoms with van der Waals surface area (Å²) in [5.74, 6) is 1.05. The molecule has 0 unspecified atom stereocenters. The average Bonchev–Trinajstić information content (AvgIpc) is 2.17. The molecule has 2 amide bonds. The summed E-state index contributed by atoms with van der Waals surface area (Å²) < 4.78 is 0. The fraction of sp³-hybridized carbons (Fsp3) is 0.929. The maximum absolute atomic E-state index is 9.71. The highest BCUT2D eigenvalue weighted by Crippen LogP contribution is 2.33. The van der Waals surface area contributed by atoms with Gasteiger partial charge in [-0.15, -0.1) is 0 Å². The third kappa shape index (κ3) is 11.5. The van der Waals surface area contributed by atoms with Gasteiger partial charge >= 0.3 is 6.03 Å². The molecule has 1 fully saturated rings. The van der Waals surface area contributed by atoms with Crippen molar-refractivity contribution in [3.8, 4) is 0 Å². The van der Waals surface area contributed by atoms with Crippen molar-refractivity contribution in [1.82, 2.24) is 5.32 Å². The van der Waals surface area contributed by atoms with E-state index in [4.69, 9.17) is 0 Å². The third-order valence-corrected chi connectivity index (χ3v) is 2.98. The largest absolute Gasteiger partial charge is 0.352 e. The number of carbonyl (C=O) groups excluding carboxylic acids is 1. The zero-order valence-corrected chi connectivity index (χ0v) is 12.0. The van der Waals surface area contributed by atoms with Gasteiger partial charge < -0.3 is 11.1 Å². The smallest absolute Gasteiger partial charge is 0.312 e. The lowest BCUT2D eigenvalue weighted by molar-refractivity contribution is 0.240. The van der Waals surface area contributed by atoms with Gasteiger partial charge in [0.05, 0.1) is 0 Å². The fourth-order valence-corrected chi connectivity index (χ4v) is 2.43. The summed E-state index contributed by atoms with van der Waals surface area (Å²) in [5, 5.41) is 2.35. The van der Waals surface area contributed by atoms with E-state index >= 15 is 0 Å². The molecule has 0 atom stereocenters. The molecule has 1 rings (SSSR count). The lowest BCUT2D eigenvalue weighted by atomic mass is 9.78. The van der Waals surface area contributed by atoms with Crippen molar-refractivity contribution < 1.29 is 7.65 Å². The second-order valence-corrected chi connectivity index (χ2v) is 6.16. The lowest BCUT2D eigenvalue weighted by Crippen LogP contribution is -2.28. The highest BCUT2D eigenvalue weighted by atomic mass is 16.2. The molecule has 3 nitrogen and oxygen atoms in total. The Morgan fingerprint density at radius 1 is 1.29 bits per heavy atom. The van der Waals surface area contributed by atoms with Crippen LogP contribution in [-0.4, -0.2) is 12.6 Å². The van der Waals surface area contributed by atoms with Crippen molar-refractivity contribution in [2.75, 3.05) is 6.54 Å². The number of hydrogen-bond donors (Lipinski definition) is 2. The average molecular weight is 246 g/mol. The summed E-state index contributed by atoms with van der Waals surface area (Å²) in [6.45, 7) is 9.50. The first kappa shape index (κ1) is 16.3. The summed E-state index contributed by atoms with van der Waals surface area (Å²) in [4.78, 5) is 9.71. The molecule has 0 bridgehead atoms. The second kappa shape index (κ2) is 8.37. The van der Waals surface area contributed by atoms with E-state index in [0.717, 1.165) is 5.92 Å². The molecule has 0 saturated heterocycles. The Morgan fingerprint density at radius 2 is 1.82 bits per heavy atom. The van der Waals surface area contributed by atoms with Crippen LogP contribution in [0.3, 0.4) is 0 Å². The van der Waals surface area contributed by atoms with Crippen LogP contribution < -0.4 is 11.1 Å². The van der Waals surface area contributed by atoms with Gasteiger partial charge in [0.15, 0.2) is 0 Å². The molecular formula is C14H34N2O. The van der Waals surface area contributed by atoms with E-state index in [9.17, 15) is 4.79 Å². The Kier molecular flexibility index (Phi) is 8.01. The molecule has 1 aliphatic carbocycles. The maximum Gasteiger partial charge on any atom is 0.312 e. The first-order chi connectivity index (χ1) is 7.85. The minimum absolute atomic E-state index is 0. The van der Waals surface area contributed by atoms with Crippen molar-refractivity contribution >= 4 is 6.03 Å². The molecule has 3 N–H and O–H groups in total. The van der Waals surface area contributed by atoms with Crippen LogP contribution in [0.25, 0.3) is 0 Å². The van der Waals surface area contributed by atoms with Crippen molar-refractivity contribution in [2.24, 2.45) is 17.1 Å². The lowest BCUT2D eigenvalue weighted by Gasteiger charge is -2.28. The molecule has 0 aromatic rings. The molecule has 0 aromatic heterocycles. The van der Waals surface area contributed by atoms with Crippen LogP contribution in [0, 0.1) is 11.3 Å². The highest BCUT2D eigenvalue weighted by molar-refractivity contribution is 5.71. The predicted molar refractivity (Wildman–Crippen MR) is 78.1 cm³/mol. The van der Waals surface area contributed by atoms with Gasteiger partial charge in [0.25, 0.3) is 0 Å². The van der Waals surface area contributed by atoms with Crippen LogP contribution in [-0.2, 0) is 0 Å². The minimum Gasteiger partial charge on any atom is -0.352 e. The molecule has 106 valence electrons. The van der Waals surface area contributed by atoms with Crippen LogP contribution >= 0.6 is 0 Å². The van der Waals surface area contributed by atoms with Crippen molar-refractivity contribution in [3.05, 3.63) is 0 Å². The number of rotatable bonds is 2. The Balaban J connectivity index is -0.000000282. The number of carbonyl (C=O) groups is 1. The molecular weight excluding hydrogens is 212 g/mol. The normalized spacial score (nSPS) is 16.9. The Bertz CT molecular complexity index is 212. The van der Waals surface area contributed by atoms with E-state index in [1.54, 1.807) is 0 Å². The summed E-state index contributed by atoms with van der Waals surface area (Å²) >= 11 is 0. The molecule has 1 aliphatic rings. The molecule has 0 aliphatic heterocycles. The molecule has 0 heterocycles.